The molecule has 10 nitrogen and oxygen atoms in total. The highest BCUT2D eigenvalue weighted by Gasteiger charge is 2.15. The standard InChI is InChI=1S/C21H42N2O8/c1-21(2,3)31-20(26)23-9-12-28-14-16-30-18-17-29-15-13-27-11-7-19(25)22-8-5-4-6-10-24/h24H,4-18H2,1-3H3,(H,22,25)(H,23,26). The molecule has 0 aliphatic heterocycles. The largest absolute Gasteiger partial charge is 0.444 e. The van der Waals surface area contributed by atoms with Gasteiger partial charge in [-0.1, -0.05) is 0 Å². The summed E-state index contributed by atoms with van der Waals surface area (Å²) in [7, 11) is 0. The van der Waals surface area contributed by atoms with Gasteiger partial charge in [0.1, 0.15) is 5.60 Å². The van der Waals surface area contributed by atoms with Crippen LogP contribution in [0.15, 0.2) is 0 Å². The molecule has 0 atom stereocenters. The van der Waals surface area contributed by atoms with Gasteiger partial charge in [0.25, 0.3) is 0 Å². The first-order valence-corrected chi connectivity index (χ1v) is 11.0. The maximum absolute atomic E-state index is 11.6. The molecule has 0 unspecified atom stereocenters. The zero-order chi connectivity index (χ0) is 23.2. The first-order valence-electron chi connectivity index (χ1n) is 11.0. The van der Waals surface area contributed by atoms with Crippen LogP contribution in [-0.2, 0) is 28.5 Å². The maximum atomic E-state index is 11.6. The van der Waals surface area contributed by atoms with Crippen molar-refractivity contribution < 1.29 is 38.4 Å². The van der Waals surface area contributed by atoms with Crippen molar-refractivity contribution in [1.29, 1.82) is 0 Å². The van der Waals surface area contributed by atoms with Crippen molar-refractivity contribution in [2.45, 2.75) is 52.1 Å². The number of hydrogen-bond acceptors (Lipinski definition) is 8. The summed E-state index contributed by atoms with van der Waals surface area (Å²) in [5, 5.41) is 14.1. The number of aliphatic hydroxyl groups excluding tert-OH is 1. The van der Waals surface area contributed by atoms with Gasteiger partial charge in [-0.05, 0) is 40.0 Å². The molecule has 0 rings (SSSR count). The van der Waals surface area contributed by atoms with Crippen LogP contribution in [0.1, 0.15) is 46.5 Å². The minimum atomic E-state index is -0.509. The van der Waals surface area contributed by atoms with E-state index in [9.17, 15) is 9.59 Å². The molecular weight excluding hydrogens is 408 g/mol. The second-order valence-corrected chi connectivity index (χ2v) is 7.76. The summed E-state index contributed by atoms with van der Waals surface area (Å²) in [5.41, 5.74) is -0.509. The third-order valence-corrected chi connectivity index (χ3v) is 3.66. The van der Waals surface area contributed by atoms with Crippen LogP contribution in [-0.4, -0.2) is 95.3 Å². The van der Waals surface area contributed by atoms with Crippen molar-refractivity contribution in [2.75, 3.05) is 72.6 Å². The van der Waals surface area contributed by atoms with E-state index in [1.807, 2.05) is 20.8 Å². The predicted molar refractivity (Wildman–Crippen MR) is 116 cm³/mol. The Morgan fingerprint density at radius 3 is 1.81 bits per heavy atom. The Morgan fingerprint density at radius 1 is 0.710 bits per heavy atom. The van der Waals surface area contributed by atoms with Gasteiger partial charge in [0.15, 0.2) is 0 Å². The number of amides is 2. The molecule has 2 amide bonds. The number of nitrogens with one attached hydrogen (secondary N) is 2. The van der Waals surface area contributed by atoms with Crippen LogP contribution in [0.5, 0.6) is 0 Å². The van der Waals surface area contributed by atoms with Gasteiger partial charge < -0.3 is 39.4 Å². The van der Waals surface area contributed by atoms with Crippen LogP contribution in [0.25, 0.3) is 0 Å². The van der Waals surface area contributed by atoms with Crippen LogP contribution in [0.4, 0.5) is 4.79 Å². The second kappa shape index (κ2) is 20.4. The van der Waals surface area contributed by atoms with Crippen LogP contribution >= 0.6 is 0 Å². The molecule has 3 N–H and O–H groups in total. The molecule has 0 heterocycles. The van der Waals surface area contributed by atoms with Gasteiger partial charge in [0, 0.05) is 26.1 Å². The van der Waals surface area contributed by atoms with Crippen molar-refractivity contribution in [3.63, 3.8) is 0 Å². The summed E-state index contributed by atoms with van der Waals surface area (Å²) in [6.07, 6.45) is 2.43. The molecule has 0 saturated heterocycles. The number of aliphatic hydroxyl groups is 1. The number of carbonyl (C=O) groups is 2. The highest BCUT2D eigenvalue weighted by atomic mass is 16.6. The Balaban J connectivity index is 3.21. The number of unbranched alkanes of at least 4 members (excludes halogenated alkanes) is 2. The Bertz CT molecular complexity index is 444. The Labute approximate surface area is 186 Å². The number of hydrogen-bond donors (Lipinski definition) is 3. The van der Waals surface area contributed by atoms with Crippen molar-refractivity contribution in [2.24, 2.45) is 0 Å². The first kappa shape index (κ1) is 29.5. The molecule has 0 aromatic rings. The van der Waals surface area contributed by atoms with Crippen molar-refractivity contribution in [3.05, 3.63) is 0 Å². The normalized spacial score (nSPS) is 11.4. The van der Waals surface area contributed by atoms with Gasteiger partial charge in [-0.25, -0.2) is 4.79 Å². The third-order valence-electron chi connectivity index (χ3n) is 3.66. The van der Waals surface area contributed by atoms with Crippen LogP contribution in [0, 0.1) is 0 Å². The molecule has 0 fully saturated rings. The number of ether oxygens (including phenoxy) is 5. The lowest BCUT2D eigenvalue weighted by Gasteiger charge is -2.19. The Kier molecular flexibility index (Phi) is 19.5. The molecule has 10 heteroatoms. The first-order chi connectivity index (χ1) is 14.8. The summed E-state index contributed by atoms with van der Waals surface area (Å²) < 4.78 is 26.6. The van der Waals surface area contributed by atoms with Gasteiger partial charge >= 0.3 is 6.09 Å². The summed E-state index contributed by atoms with van der Waals surface area (Å²) in [4.78, 5) is 23.0. The van der Waals surface area contributed by atoms with E-state index in [-0.39, 0.29) is 12.5 Å². The topological polar surface area (TPSA) is 125 Å². The predicted octanol–water partition coefficient (Wildman–Crippen LogP) is 1.25. The summed E-state index contributed by atoms with van der Waals surface area (Å²) in [6.45, 7) is 10.1. The Hall–Kier alpha value is -1.46. The molecule has 0 aliphatic rings. The van der Waals surface area contributed by atoms with Gasteiger partial charge in [-0.3, -0.25) is 4.79 Å². The quantitative estimate of drug-likeness (QED) is 0.237. The van der Waals surface area contributed by atoms with Gasteiger partial charge in [-0.2, -0.15) is 0 Å². The Morgan fingerprint density at radius 2 is 1.26 bits per heavy atom. The molecule has 0 saturated carbocycles. The molecule has 0 bridgehead atoms. The van der Waals surface area contributed by atoms with E-state index in [1.54, 1.807) is 0 Å². The molecule has 184 valence electrons. The summed E-state index contributed by atoms with van der Waals surface area (Å²) in [6, 6.07) is 0. The third kappa shape index (κ3) is 24.7. The molecule has 0 spiro atoms. The molecule has 31 heavy (non-hydrogen) atoms. The molecule has 0 aliphatic carbocycles. The van der Waals surface area contributed by atoms with Crippen LogP contribution in [0.2, 0.25) is 0 Å². The fourth-order valence-electron chi connectivity index (χ4n) is 2.20. The molecular formula is C21H42N2O8. The van der Waals surface area contributed by atoms with Crippen molar-refractivity contribution in [1.82, 2.24) is 10.6 Å². The lowest BCUT2D eigenvalue weighted by atomic mass is 10.2. The minimum Gasteiger partial charge on any atom is -0.444 e. The van der Waals surface area contributed by atoms with E-state index >= 15 is 0 Å². The molecule has 0 aromatic heterocycles. The van der Waals surface area contributed by atoms with Crippen molar-refractivity contribution >= 4 is 12.0 Å². The van der Waals surface area contributed by atoms with E-state index in [4.69, 9.17) is 28.8 Å². The number of rotatable bonds is 20. The maximum Gasteiger partial charge on any atom is 0.407 e. The fourth-order valence-corrected chi connectivity index (χ4v) is 2.20. The molecule has 0 aromatic carbocycles. The van der Waals surface area contributed by atoms with E-state index < -0.39 is 11.7 Å². The van der Waals surface area contributed by atoms with E-state index in [0.717, 1.165) is 19.3 Å². The van der Waals surface area contributed by atoms with Crippen LogP contribution in [0.3, 0.4) is 0 Å². The monoisotopic (exact) mass is 450 g/mol. The number of carbonyl (C=O) groups excluding carboxylic acids is 2. The molecule has 0 radical (unpaired) electrons. The smallest absolute Gasteiger partial charge is 0.407 e. The fraction of sp³-hybridized carbons (Fsp3) is 0.905. The van der Waals surface area contributed by atoms with Crippen molar-refractivity contribution in [3.8, 4) is 0 Å². The lowest BCUT2D eigenvalue weighted by molar-refractivity contribution is -0.122. The van der Waals surface area contributed by atoms with Gasteiger partial charge in [0.2, 0.25) is 5.91 Å². The summed E-state index contributed by atoms with van der Waals surface area (Å²) >= 11 is 0. The number of alkyl carbamates (subject to hydrolysis) is 1. The van der Waals surface area contributed by atoms with Gasteiger partial charge in [0.05, 0.1) is 52.9 Å². The van der Waals surface area contributed by atoms with E-state index in [1.165, 1.54) is 0 Å². The van der Waals surface area contributed by atoms with E-state index in [0.29, 0.717) is 72.4 Å². The zero-order valence-electron chi connectivity index (χ0n) is 19.4. The summed E-state index contributed by atoms with van der Waals surface area (Å²) in [5.74, 6) is -0.0267. The lowest BCUT2D eigenvalue weighted by Crippen LogP contribution is -2.34. The average Bonchev–Trinajstić information content (AvgIpc) is 2.69. The zero-order valence-corrected chi connectivity index (χ0v) is 19.4. The highest BCUT2D eigenvalue weighted by molar-refractivity contribution is 5.75. The van der Waals surface area contributed by atoms with Crippen LogP contribution < -0.4 is 10.6 Å². The van der Waals surface area contributed by atoms with E-state index in [2.05, 4.69) is 10.6 Å². The second-order valence-electron chi connectivity index (χ2n) is 7.76. The minimum absolute atomic E-state index is 0.0267. The SMILES string of the molecule is CC(C)(C)OC(=O)NCCOCCOCCOCCOCCC(=O)NCCCCCO. The highest BCUT2D eigenvalue weighted by Crippen LogP contribution is 2.06. The van der Waals surface area contributed by atoms with Gasteiger partial charge in [-0.15, -0.1) is 0 Å². The average molecular weight is 451 g/mol.